The number of para-hydroxylation sites is 1. The van der Waals surface area contributed by atoms with Gasteiger partial charge in [-0.25, -0.2) is 4.79 Å². The van der Waals surface area contributed by atoms with Crippen LogP contribution in [0.2, 0.25) is 0 Å². The van der Waals surface area contributed by atoms with Gasteiger partial charge in [0.1, 0.15) is 0 Å². The summed E-state index contributed by atoms with van der Waals surface area (Å²) in [6, 6.07) is 7.13. The molecule has 4 amide bonds. The predicted octanol–water partition coefficient (Wildman–Crippen LogP) is 2.07. The summed E-state index contributed by atoms with van der Waals surface area (Å²) in [6.07, 6.45) is 2.05. The van der Waals surface area contributed by atoms with E-state index in [9.17, 15) is 14.4 Å². The SMILES string of the molecule is CC(C)(C)N1C(=O)NC(=O)C2(Cc3ccccc3N3CCCC32)C1=O. The Labute approximate surface area is 147 Å². The molecule has 6 nitrogen and oxygen atoms in total. The molecule has 4 rings (SSSR count). The molecule has 0 aromatic heterocycles. The van der Waals surface area contributed by atoms with E-state index < -0.39 is 22.9 Å². The number of nitrogens with one attached hydrogen (secondary N) is 1. The first-order valence-electron chi connectivity index (χ1n) is 8.81. The fraction of sp³-hybridized carbons (Fsp3) is 0.526. The predicted molar refractivity (Wildman–Crippen MR) is 93.1 cm³/mol. The second kappa shape index (κ2) is 5.07. The van der Waals surface area contributed by atoms with Crippen molar-refractivity contribution in [2.24, 2.45) is 5.41 Å². The Morgan fingerprint density at radius 2 is 1.88 bits per heavy atom. The Kier molecular flexibility index (Phi) is 3.27. The van der Waals surface area contributed by atoms with Gasteiger partial charge >= 0.3 is 6.03 Å². The smallest absolute Gasteiger partial charge is 0.331 e. The molecule has 3 aliphatic heterocycles. The first-order chi connectivity index (χ1) is 11.8. The summed E-state index contributed by atoms with van der Waals surface area (Å²) < 4.78 is 0. The average Bonchev–Trinajstić information content (AvgIpc) is 3.01. The number of carbonyl (C=O) groups is 3. The van der Waals surface area contributed by atoms with Crippen molar-refractivity contribution in [3.63, 3.8) is 0 Å². The fourth-order valence-electron chi connectivity index (χ4n) is 4.64. The van der Waals surface area contributed by atoms with E-state index >= 15 is 0 Å². The molecule has 3 aliphatic rings. The molecular weight excluding hydrogens is 318 g/mol. The van der Waals surface area contributed by atoms with Gasteiger partial charge in [0.05, 0.1) is 6.04 Å². The number of imide groups is 2. The molecule has 2 atom stereocenters. The van der Waals surface area contributed by atoms with Gasteiger partial charge in [-0.3, -0.25) is 19.8 Å². The summed E-state index contributed by atoms with van der Waals surface area (Å²) in [4.78, 5) is 42.4. The number of amides is 4. The molecule has 0 radical (unpaired) electrons. The van der Waals surface area contributed by atoms with Crippen molar-refractivity contribution in [3.8, 4) is 0 Å². The van der Waals surface area contributed by atoms with Crippen LogP contribution in [-0.4, -0.2) is 40.9 Å². The summed E-state index contributed by atoms with van der Waals surface area (Å²) in [5, 5.41) is 2.47. The second-order valence-electron chi connectivity index (χ2n) is 8.20. The number of fused-ring (bicyclic) bond motifs is 4. The molecule has 25 heavy (non-hydrogen) atoms. The highest BCUT2D eigenvalue weighted by Gasteiger charge is 2.63. The van der Waals surface area contributed by atoms with Gasteiger partial charge in [-0.2, -0.15) is 0 Å². The van der Waals surface area contributed by atoms with E-state index in [0.29, 0.717) is 6.42 Å². The normalized spacial score (nSPS) is 28.9. The minimum atomic E-state index is -1.23. The third-order valence-electron chi connectivity index (χ3n) is 5.68. The Balaban J connectivity index is 1.89. The monoisotopic (exact) mass is 341 g/mol. The number of hydrogen-bond donors (Lipinski definition) is 1. The van der Waals surface area contributed by atoms with Crippen molar-refractivity contribution >= 4 is 23.5 Å². The zero-order chi connectivity index (χ0) is 18.0. The van der Waals surface area contributed by atoms with E-state index in [2.05, 4.69) is 16.3 Å². The van der Waals surface area contributed by atoms with Crippen molar-refractivity contribution in [1.82, 2.24) is 10.2 Å². The maximum atomic E-state index is 13.5. The van der Waals surface area contributed by atoms with E-state index in [1.165, 1.54) is 4.90 Å². The van der Waals surface area contributed by atoms with Crippen molar-refractivity contribution in [2.45, 2.75) is 51.6 Å². The van der Waals surface area contributed by atoms with Crippen LogP contribution in [0.15, 0.2) is 24.3 Å². The maximum absolute atomic E-state index is 13.5. The fourth-order valence-corrected chi connectivity index (χ4v) is 4.64. The van der Waals surface area contributed by atoms with Crippen LogP contribution in [0.1, 0.15) is 39.2 Å². The summed E-state index contributed by atoms with van der Waals surface area (Å²) in [7, 11) is 0. The van der Waals surface area contributed by atoms with E-state index in [1.807, 2.05) is 39.0 Å². The molecule has 1 N–H and O–H groups in total. The summed E-state index contributed by atoms with van der Waals surface area (Å²) in [5.74, 6) is -0.811. The lowest BCUT2D eigenvalue weighted by Gasteiger charge is -2.51. The first-order valence-corrected chi connectivity index (χ1v) is 8.81. The quantitative estimate of drug-likeness (QED) is 0.734. The Hall–Kier alpha value is -2.37. The zero-order valence-electron chi connectivity index (χ0n) is 14.8. The summed E-state index contributed by atoms with van der Waals surface area (Å²) in [5.41, 5.74) is 0.184. The number of urea groups is 1. The molecule has 3 heterocycles. The topological polar surface area (TPSA) is 69.7 Å². The second-order valence-corrected chi connectivity index (χ2v) is 8.20. The van der Waals surface area contributed by atoms with Gasteiger partial charge in [0.15, 0.2) is 5.41 Å². The molecule has 2 unspecified atom stereocenters. The van der Waals surface area contributed by atoms with Crippen molar-refractivity contribution in [2.75, 3.05) is 11.4 Å². The largest absolute Gasteiger partial charge is 0.367 e. The highest BCUT2D eigenvalue weighted by atomic mass is 16.2. The van der Waals surface area contributed by atoms with Gasteiger partial charge in [0.2, 0.25) is 11.8 Å². The summed E-state index contributed by atoms with van der Waals surface area (Å²) >= 11 is 0. The summed E-state index contributed by atoms with van der Waals surface area (Å²) in [6.45, 7) is 6.28. The third-order valence-corrected chi connectivity index (χ3v) is 5.68. The lowest BCUT2D eigenvalue weighted by atomic mass is 9.68. The van der Waals surface area contributed by atoms with Gasteiger partial charge < -0.3 is 4.90 Å². The molecule has 1 aromatic carbocycles. The molecule has 2 fully saturated rings. The molecule has 0 aliphatic carbocycles. The van der Waals surface area contributed by atoms with Crippen LogP contribution in [0.5, 0.6) is 0 Å². The van der Waals surface area contributed by atoms with Gasteiger partial charge in [0.25, 0.3) is 0 Å². The van der Waals surface area contributed by atoms with Crippen molar-refractivity contribution < 1.29 is 14.4 Å². The Bertz CT molecular complexity index is 782. The van der Waals surface area contributed by atoms with E-state index in [-0.39, 0.29) is 11.9 Å². The van der Waals surface area contributed by atoms with E-state index in [1.54, 1.807) is 0 Å². The van der Waals surface area contributed by atoms with Crippen LogP contribution in [0, 0.1) is 5.41 Å². The standard InChI is InChI=1S/C19H23N3O3/c1-18(2,3)22-16(24)19(15(23)20-17(22)25)11-12-7-4-5-8-13(12)21-10-6-9-14(19)21/h4-5,7-8,14H,6,9-11H2,1-3H3,(H,20,23,25). The van der Waals surface area contributed by atoms with Crippen molar-refractivity contribution in [1.29, 1.82) is 0 Å². The maximum Gasteiger partial charge on any atom is 0.331 e. The minimum Gasteiger partial charge on any atom is -0.367 e. The van der Waals surface area contributed by atoms with Crippen LogP contribution >= 0.6 is 0 Å². The van der Waals surface area contributed by atoms with Crippen LogP contribution in [0.4, 0.5) is 10.5 Å². The highest BCUT2D eigenvalue weighted by molar-refractivity contribution is 6.20. The Morgan fingerprint density at radius 3 is 2.60 bits per heavy atom. The number of hydrogen-bond acceptors (Lipinski definition) is 4. The van der Waals surface area contributed by atoms with Crippen LogP contribution in [-0.2, 0) is 16.0 Å². The molecule has 0 saturated carbocycles. The highest BCUT2D eigenvalue weighted by Crippen LogP contribution is 2.48. The average molecular weight is 341 g/mol. The number of anilines is 1. The zero-order valence-corrected chi connectivity index (χ0v) is 14.8. The third kappa shape index (κ3) is 2.06. The number of carbonyl (C=O) groups excluding carboxylic acids is 3. The lowest BCUT2D eigenvalue weighted by molar-refractivity contribution is -0.156. The molecule has 6 heteroatoms. The molecular formula is C19H23N3O3. The van der Waals surface area contributed by atoms with Gasteiger partial charge in [-0.05, 0) is 51.7 Å². The number of benzene rings is 1. The van der Waals surface area contributed by atoms with Crippen molar-refractivity contribution in [3.05, 3.63) is 29.8 Å². The van der Waals surface area contributed by atoms with Crippen LogP contribution in [0.3, 0.4) is 0 Å². The Morgan fingerprint density at radius 1 is 1.16 bits per heavy atom. The number of barbiturate groups is 1. The molecule has 0 bridgehead atoms. The van der Waals surface area contributed by atoms with Gasteiger partial charge in [0, 0.05) is 17.8 Å². The molecule has 2 saturated heterocycles. The molecule has 132 valence electrons. The molecule has 1 aromatic rings. The van der Waals surface area contributed by atoms with Gasteiger partial charge in [-0.15, -0.1) is 0 Å². The van der Waals surface area contributed by atoms with Crippen LogP contribution in [0.25, 0.3) is 0 Å². The number of nitrogens with zero attached hydrogens (tertiary/aromatic N) is 2. The van der Waals surface area contributed by atoms with E-state index in [4.69, 9.17) is 0 Å². The lowest BCUT2D eigenvalue weighted by Crippen LogP contribution is -2.73. The first kappa shape index (κ1) is 16.1. The number of rotatable bonds is 0. The van der Waals surface area contributed by atoms with Gasteiger partial charge in [-0.1, -0.05) is 18.2 Å². The van der Waals surface area contributed by atoms with Crippen LogP contribution < -0.4 is 10.2 Å². The minimum absolute atomic E-state index is 0.201. The molecule has 1 spiro atoms. The van der Waals surface area contributed by atoms with E-state index in [0.717, 1.165) is 30.6 Å².